The molecule has 5 nitrogen and oxygen atoms in total. The Morgan fingerprint density at radius 1 is 1.09 bits per heavy atom. The van der Waals surface area contributed by atoms with E-state index in [0.717, 1.165) is 23.1 Å². The minimum atomic E-state index is -0.550. The molecule has 3 aromatic rings. The van der Waals surface area contributed by atoms with Gasteiger partial charge in [-0.3, -0.25) is 9.59 Å². The zero-order valence-corrected chi connectivity index (χ0v) is 18.6. The number of methoxy groups -OCH3 is 1. The minimum Gasteiger partial charge on any atom is -0.495 e. The van der Waals surface area contributed by atoms with Crippen LogP contribution in [0.2, 0.25) is 5.02 Å². The van der Waals surface area contributed by atoms with Gasteiger partial charge < -0.3 is 15.0 Å². The van der Waals surface area contributed by atoms with Gasteiger partial charge in [0.1, 0.15) is 5.75 Å². The van der Waals surface area contributed by atoms with Crippen LogP contribution in [0.3, 0.4) is 0 Å². The lowest BCUT2D eigenvalue weighted by Crippen LogP contribution is -2.49. The number of fused-ring (bicyclic) bond motifs is 4. The Kier molecular flexibility index (Phi) is 5.14. The van der Waals surface area contributed by atoms with Crippen LogP contribution >= 0.6 is 11.6 Å². The van der Waals surface area contributed by atoms with E-state index in [2.05, 4.69) is 11.4 Å². The average Bonchev–Trinajstić information content (AvgIpc) is 2.81. The molecule has 0 saturated carbocycles. The number of ether oxygens (including phenoxy) is 1. The number of carbonyl (C=O) groups is 2. The van der Waals surface area contributed by atoms with Gasteiger partial charge in [0.15, 0.2) is 0 Å². The summed E-state index contributed by atoms with van der Waals surface area (Å²) in [5.74, 6) is -0.262. The highest BCUT2D eigenvalue weighted by atomic mass is 35.5. The first-order valence-electron chi connectivity index (χ1n) is 10.6. The van der Waals surface area contributed by atoms with E-state index < -0.39 is 5.92 Å². The van der Waals surface area contributed by atoms with Gasteiger partial charge in [-0.1, -0.05) is 54.1 Å². The molecule has 3 aromatic carbocycles. The number of rotatable bonds is 3. The summed E-state index contributed by atoms with van der Waals surface area (Å²) in [5, 5.41) is 3.63. The Balaban J connectivity index is 1.63. The summed E-state index contributed by atoms with van der Waals surface area (Å²) in [5.41, 5.74) is 4.94. The lowest BCUT2D eigenvalue weighted by atomic mass is 9.76. The summed E-state index contributed by atoms with van der Waals surface area (Å²) in [6.07, 6.45) is 0.777. The third kappa shape index (κ3) is 3.24. The third-order valence-electron chi connectivity index (χ3n) is 6.46. The van der Waals surface area contributed by atoms with Crippen molar-refractivity contribution < 1.29 is 14.3 Å². The maximum Gasteiger partial charge on any atom is 0.254 e. The van der Waals surface area contributed by atoms with Gasteiger partial charge in [0.2, 0.25) is 5.91 Å². The number of nitrogens with zero attached hydrogens (tertiary/aromatic N) is 1. The van der Waals surface area contributed by atoms with Gasteiger partial charge in [-0.25, -0.2) is 0 Å². The average molecular weight is 447 g/mol. The zero-order valence-electron chi connectivity index (χ0n) is 17.9. The largest absolute Gasteiger partial charge is 0.495 e. The zero-order chi connectivity index (χ0) is 22.4. The monoisotopic (exact) mass is 446 g/mol. The predicted octanol–water partition coefficient (Wildman–Crippen LogP) is 5.13. The molecule has 0 spiro atoms. The van der Waals surface area contributed by atoms with E-state index in [1.807, 2.05) is 60.4 Å². The van der Waals surface area contributed by atoms with Crippen LogP contribution in [-0.4, -0.2) is 30.4 Å². The van der Waals surface area contributed by atoms with E-state index in [4.69, 9.17) is 16.3 Å². The lowest BCUT2D eigenvalue weighted by Gasteiger charge is -2.45. The van der Waals surface area contributed by atoms with Crippen LogP contribution in [0, 0.1) is 6.92 Å². The molecule has 0 aromatic heterocycles. The van der Waals surface area contributed by atoms with E-state index in [1.54, 1.807) is 13.2 Å². The number of anilines is 1. The molecule has 5 rings (SSSR count). The normalized spacial score (nSPS) is 19.0. The van der Waals surface area contributed by atoms with Crippen LogP contribution in [0.25, 0.3) is 0 Å². The highest BCUT2D eigenvalue weighted by Gasteiger charge is 2.46. The van der Waals surface area contributed by atoms with Crippen molar-refractivity contribution in [3.05, 3.63) is 93.5 Å². The molecule has 6 heteroatoms. The second-order valence-electron chi connectivity index (χ2n) is 8.25. The first-order valence-corrected chi connectivity index (χ1v) is 11.0. The van der Waals surface area contributed by atoms with Crippen molar-refractivity contribution in [1.29, 1.82) is 0 Å². The van der Waals surface area contributed by atoms with Crippen LogP contribution in [-0.2, 0) is 11.2 Å². The van der Waals surface area contributed by atoms with Gasteiger partial charge in [-0.05, 0) is 47.7 Å². The third-order valence-corrected chi connectivity index (χ3v) is 6.86. The SMILES string of the molecule is COc1cc(Cl)c(C)cc1NC(=O)C1c2ccccc2C(=O)N2CCc3ccccc3C12. The molecule has 1 N–H and O–H groups in total. The number of hydrogen-bond donors (Lipinski definition) is 1. The van der Waals surface area contributed by atoms with Gasteiger partial charge in [0.05, 0.1) is 24.8 Å². The van der Waals surface area contributed by atoms with Gasteiger partial charge in [0, 0.05) is 23.2 Å². The number of aryl methyl sites for hydroxylation is 1. The van der Waals surface area contributed by atoms with E-state index >= 15 is 0 Å². The standard InChI is InChI=1S/C26H23ClN2O3/c1-15-13-21(22(32-2)14-20(15)27)28-25(30)23-18-9-5-6-10-19(18)26(31)29-12-11-16-7-3-4-8-17(16)24(23)29/h3-10,13-14,23-24H,11-12H2,1-2H3,(H,28,30). The van der Waals surface area contributed by atoms with Crippen molar-refractivity contribution in [2.75, 3.05) is 19.0 Å². The van der Waals surface area contributed by atoms with Gasteiger partial charge in [-0.15, -0.1) is 0 Å². The van der Waals surface area contributed by atoms with E-state index in [0.29, 0.717) is 28.6 Å². The Morgan fingerprint density at radius 3 is 2.59 bits per heavy atom. The first kappa shape index (κ1) is 20.6. The van der Waals surface area contributed by atoms with Crippen molar-refractivity contribution in [2.45, 2.75) is 25.3 Å². The summed E-state index contributed by atoms with van der Waals surface area (Å²) in [6, 6.07) is 18.6. The van der Waals surface area contributed by atoms with E-state index in [1.165, 1.54) is 5.56 Å². The molecular weight excluding hydrogens is 424 g/mol. The predicted molar refractivity (Wildman–Crippen MR) is 124 cm³/mol. The Bertz CT molecular complexity index is 1240. The van der Waals surface area contributed by atoms with Crippen LogP contribution in [0.1, 0.15) is 44.6 Å². The lowest BCUT2D eigenvalue weighted by molar-refractivity contribution is -0.119. The van der Waals surface area contributed by atoms with Crippen molar-refractivity contribution >= 4 is 29.1 Å². The number of carbonyl (C=O) groups excluding carboxylic acids is 2. The van der Waals surface area contributed by atoms with Gasteiger partial charge >= 0.3 is 0 Å². The smallest absolute Gasteiger partial charge is 0.254 e. The molecule has 0 aliphatic carbocycles. The molecule has 162 valence electrons. The maximum atomic E-state index is 13.8. The summed E-state index contributed by atoms with van der Waals surface area (Å²) < 4.78 is 5.46. The fraction of sp³-hybridized carbons (Fsp3) is 0.231. The molecule has 0 fully saturated rings. The summed E-state index contributed by atoms with van der Waals surface area (Å²) in [7, 11) is 1.55. The van der Waals surface area contributed by atoms with Gasteiger partial charge in [-0.2, -0.15) is 0 Å². The number of halogens is 1. The minimum absolute atomic E-state index is 0.0240. The quantitative estimate of drug-likeness (QED) is 0.606. The molecule has 2 unspecified atom stereocenters. The van der Waals surface area contributed by atoms with E-state index in [-0.39, 0.29) is 17.9 Å². The number of nitrogens with one attached hydrogen (secondary N) is 1. The molecule has 2 aliphatic heterocycles. The fourth-order valence-corrected chi connectivity index (χ4v) is 5.05. The molecule has 2 heterocycles. The van der Waals surface area contributed by atoms with Crippen LogP contribution in [0.4, 0.5) is 5.69 Å². The number of hydrogen-bond acceptors (Lipinski definition) is 3. The van der Waals surface area contributed by atoms with Crippen molar-refractivity contribution in [3.63, 3.8) is 0 Å². The second kappa shape index (κ2) is 7.99. The number of amides is 2. The van der Waals surface area contributed by atoms with Crippen molar-refractivity contribution in [2.24, 2.45) is 0 Å². The fourth-order valence-electron chi connectivity index (χ4n) is 4.90. The number of benzene rings is 3. The molecule has 0 radical (unpaired) electrons. The summed E-state index contributed by atoms with van der Waals surface area (Å²) in [6.45, 7) is 2.47. The highest BCUT2D eigenvalue weighted by molar-refractivity contribution is 6.31. The maximum absolute atomic E-state index is 13.8. The highest BCUT2D eigenvalue weighted by Crippen LogP contribution is 2.46. The molecule has 32 heavy (non-hydrogen) atoms. The molecule has 2 amide bonds. The Morgan fingerprint density at radius 2 is 1.81 bits per heavy atom. The van der Waals surface area contributed by atoms with Crippen LogP contribution in [0.15, 0.2) is 60.7 Å². The Labute approximate surface area is 192 Å². The summed E-state index contributed by atoms with van der Waals surface area (Å²) >= 11 is 6.24. The first-order chi connectivity index (χ1) is 15.5. The Hall–Kier alpha value is -3.31. The van der Waals surface area contributed by atoms with Crippen LogP contribution in [0.5, 0.6) is 5.75 Å². The second-order valence-corrected chi connectivity index (χ2v) is 8.66. The topological polar surface area (TPSA) is 58.6 Å². The van der Waals surface area contributed by atoms with Crippen LogP contribution < -0.4 is 10.1 Å². The molecule has 2 atom stereocenters. The molecule has 2 aliphatic rings. The van der Waals surface area contributed by atoms with Gasteiger partial charge in [0.25, 0.3) is 5.91 Å². The molecule has 0 saturated heterocycles. The molecule has 0 bridgehead atoms. The summed E-state index contributed by atoms with van der Waals surface area (Å²) in [4.78, 5) is 29.0. The van der Waals surface area contributed by atoms with E-state index in [9.17, 15) is 9.59 Å². The molecular formula is C26H23ClN2O3. The van der Waals surface area contributed by atoms with Crippen molar-refractivity contribution in [3.8, 4) is 5.75 Å². The van der Waals surface area contributed by atoms with Crippen molar-refractivity contribution in [1.82, 2.24) is 4.90 Å².